The highest BCUT2D eigenvalue weighted by Gasteiger charge is 2.43. The Balaban J connectivity index is 1.21. The summed E-state index contributed by atoms with van der Waals surface area (Å²) in [6.45, 7) is 0.613. The van der Waals surface area contributed by atoms with Crippen molar-refractivity contribution in [3.63, 3.8) is 0 Å². The number of hydrogen-bond donors (Lipinski definition) is 3. The molecule has 4 aromatic rings. The maximum atomic E-state index is 14.0. The SMILES string of the molecule is O=C(NCc1ccccc1)C(=O)C(CC1CCCC1=O)NC(=O)C1CC(OCc2ccccc2)CN1C(=O)c1cc2ccccc2[nH]1. The van der Waals surface area contributed by atoms with Crippen LogP contribution in [-0.4, -0.2) is 63.9 Å². The Labute approximate surface area is 272 Å². The molecule has 242 valence electrons. The molecule has 1 saturated heterocycles. The van der Waals surface area contributed by atoms with E-state index in [0.29, 0.717) is 31.6 Å². The number of likely N-dealkylation sites (tertiary alicyclic amines) is 1. The number of fused-ring (bicyclic) bond motifs is 1. The molecule has 1 saturated carbocycles. The van der Waals surface area contributed by atoms with Crippen LogP contribution in [0.5, 0.6) is 0 Å². The minimum absolute atomic E-state index is 0.0209. The Kier molecular flexibility index (Phi) is 9.87. The zero-order valence-electron chi connectivity index (χ0n) is 26.0. The second-order valence-corrected chi connectivity index (χ2v) is 12.3. The fraction of sp³-hybridized carbons (Fsp3) is 0.324. The van der Waals surface area contributed by atoms with E-state index in [4.69, 9.17) is 4.74 Å². The zero-order valence-corrected chi connectivity index (χ0v) is 26.0. The Bertz CT molecular complexity index is 1720. The van der Waals surface area contributed by atoms with Crippen LogP contribution in [0.15, 0.2) is 91.0 Å². The number of ether oxygens (including phenoxy) is 1. The molecule has 0 radical (unpaired) electrons. The molecule has 0 spiro atoms. The number of ketones is 2. The molecule has 10 nitrogen and oxygen atoms in total. The number of carbonyl (C=O) groups excluding carboxylic acids is 5. The van der Waals surface area contributed by atoms with Crippen LogP contribution in [0.4, 0.5) is 0 Å². The van der Waals surface area contributed by atoms with Gasteiger partial charge in [-0.05, 0) is 42.5 Å². The number of Topliss-reactive ketones (excluding diaryl/α,β-unsaturated/α-hetero) is 2. The number of para-hydroxylation sites is 1. The van der Waals surface area contributed by atoms with Crippen molar-refractivity contribution >= 4 is 40.2 Å². The molecule has 1 aliphatic heterocycles. The molecule has 2 heterocycles. The molecular formula is C37H38N4O6. The highest BCUT2D eigenvalue weighted by molar-refractivity contribution is 6.38. The standard InChI is InChI=1S/C37H38N4O6/c42-33-17-9-15-27(33)19-30(34(43)36(45)38-21-24-10-3-1-4-11-24)40-35(44)32-20-28(47-23-25-12-5-2-6-13-25)22-41(32)37(46)31-18-26-14-7-8-16-29(26)39-31/h1-8,10-14,16,18,27-28,30,32,39H,9,15,17,19-23H2,(H,38,45)(H,40,44). The van der Waals surface area contributed by atoms with Crippen molar-refractivity contribution in [2.75, 3.05) is 6.54 Å². The number of carbonyl (C=O) groups is 5. The lowest BCUT2D eigenvalue weighted by Gasteiger charge is -2.26. The van der Waals surface area contributed by atoms with Crippen molar-refractivity contribution in [2.45, 2.75) is 63.4 Å². The van der Waals surface area contributed by atoms with Gasteiger partial charge in [0.25, 0.3) is 11.8 Å². The average molecular weight is 635 g/mol. The molecule has 3 aromatic carbocycles. The summed E-state index contributed by atoms with van der Waals surface area (Å²) >= 11 is 0. The van der Waals surface area contributed by atoms with Crippen LogP contribution < -0.4 is 10.6 Å². The summed E-state index contributed by atoms with van der Waals surface area (Å²) in [4.78, 5) is 71.7. The van der Waals surface area contributed by atoms with E-state index in [2.05, 4.69) is 15.6 Å². The predicted octanol–water partition coefficient (Wildman–Crippen LogP) is 4.10. The quantitative estimate of drug-likeness (QED) is 0.201. The maximum absolute atomic E-state index is 14.0. The smallest absolute Gasteiger partial charge is 0.289 e. The van der Waals surface area contributed by atoms with Crippen molar-refractivity contribution in [3.8, 4) is 0 Å². The molecule has 1 aliphatic carbocycles. The minimum atomic E-state index is -1.22. The summed E-state index contributed by atoms with van der Waals surface area (Å²) in [6.07, 6.45) is 1.49. The first-order valence-electron chi connectivity index (χ1n) is 16.1. The van der Waals surface area contributed by atoms with Gasteiger partial charge in [0.1, 0.15) is 17.5 Å². The van der Waals surface area contributed by atoms with E-state index in [1.165, 1.54) is 4.90 Å². The Morgan fingerprint density at radius 3 is 2.32 bits per heavy atom. The van der Waals surface area contributed by atoms with Gasteiger partial charge in [-0.2, -0.15) is 0 Å². The van der Waals surface area contributed by atoms with E-state index in [-0.39, 0.29) is 37.6 Å². The molecule has 2 aliphatic rings. The minimum Gasteiger partial charge on any atom is -0.372 e. The first kappa shape index (κ1) is 31.9. The van der Waals surface area contributed by atoms with Crippen LogP contribution in [0.3, 0.4) is 0 Å². The first-order valence-corrected chi connectivity index (χ1v) is 16.1. The Morgan fingerprint density at radius 1 is 0.915 bits per heavy atom. The van der Waals surface area contributed by atoms with Gasteiger partial charge in [0.15, 0.2) is 0 Å². The van der Waals surface area contributed by atoms with Gasteiger partial charge in [-0.1, -0.05) is 78.9 Å². The number of rotatable bonds is 12. The van der Waals surface area contributed by atoms with Gasteiger partial charge in [-0.3, -0.25) is 24.0 Å². The van der Waals surface area contributed by atoms with Gasteiger partial charge >= 0.3 is 0 Å². The van der Waals surface area contributed by atoms with Gasteiger partial charge in [-0.15, -0.1) is 0 Å². The van der Waals surface area contributed by atoms with E-state index in [1.807, 2.05) is 84.9 Å². The Hall–Kier alpha value is -5.09. The third kappa shape index (κ3) is 7.66. The summed E-state index contributed by atoms with van der Waals surface area (Å²) in [5.41, 5.74) is 2.90. The lowest BCUT2D eigenvalue weighted by atomic mass is 9.94. The monoisotopic (exact) mass is 634 g/mol. The van der Waals surface area contributed by atoms with Crippen molar-refractivity contribution in [3.05, 3.63) is 108 Å². The highest BCUT2D eigenvalue weighted by atomic mass is 16.5. The predicted molar refractivity (Wildman–Crippen MR) is 175 cm³/mol. The fourth-order valence-electron chi connectivity index (χ4n) is 6.47. The lowest BCUT2D eigenvalue weighted by molar-refractivity contribution is -0.141. The summed E-state index contributed by atoms with van der Waals surface area (Å²) in [5, 5.41) is 6.29. The second kappa shape index (κ2) is 14.6. The van der Waals surface area contributed by atoms with E-state index < -0.39 is 41.7 Å². The molecule has 10 heteroatoms. The summed E-state index contributed by atoms with van der Waals surface area (Å²) in [7, 11) is 0. The van der Waals surface area contributed by atoms with Gasteiger partial charge < -0.3 is 25.3 Å². The number of benzene rings is 3. The maximum Gasteiger partial charge on any atom is 0.289 e. The molecule has 1 aromatic heterocycles. The normalized spacial score (nSPS) is 19.9. The number of amides is 3. The lowest BCUT2D eigenvalue weighted by Crippen LogP contribution is -2.54. The zero-order chi connectivity index (χ0) is 32.8. The number of nitrogens with zero attached hydrogens (tertiary/aromatic N) is 1. The van der Waals surface area contributed by atoms with Crippen molar-refractivity contribution in [1.29, 1.82) is 0 Å². The summed E-state index contributed by atoms with van der Waals surface area (Å²) in [5.74, 6) is -3.02. The van der Waals surface area contributed by atoms with Crippen LogP contribution in [-0.2, 0) is 37.1 Å². The number of aromatic nitrogens is 1. The summed E-state index contributed by atoms with van der Waals surface area (Å²) in [6, 6.07) is 25.9. The largest absolute Gasteiger partial charge is 0.372 e. The van der Waals surface area contributed by atoms with Crippen molar-refractivity contribution < 1.29 is 28.7 Å². The molecule has 3 amide bonds. The van der Waals surface area contributed by atoms with E-state index in [0.717, 1.165) is 22.0 Å². The molecule has 3 N–H and O–H groups in total. The van der Waals surface area contributed by atoms with Gasteiger partial charge in [0.2, 0.25) is 11.7 Å². The molecule has 4 unspecified atom stereocenters. The number of H-pyrrole nitrogens is 1. The first-order chi connectivity index (χ1) is 22.9. The second-order valence-electron chi connectivity index (χ2n) is 12.3. The van der Waals surface area contributed by atoms with E-state index >= 15 is 0 Å². The highest BCUT2D eigenvalue weighted by Crippen LogP contribution is 2.28. The van der Waals surface area contributed by atoms with Crippen molar-refractivity contribution in [2.24, 2.45) is 5.92 Å². The Morgan fingerprint density at radius 2 is 1.62 bits per heavy atom. The topological polar surface area (TPSA) is 138 Å². The van der Waals surface area contributed by atoms with Gasteiger partial charge in [0, 0.05) is 42.8 Å². The molecule has 2 fully saturated rings. The van der Waals surface area contributed by atoms with Crippen molar-refractivity contribution in [1.82, 2.24) is 20.5 Å². The van der Waals surface area contributed by atoms with Gasteiger partial charge in [-0.25, -0.2) is 0 Å². The molecular weight excluding hydrogens is 596 g/mol. The average Bonchev–Trinajstić information content (AvgIpc) is 3.84. The van der Waals surface area contributed by atoms with Crippen LogP contribution in [0.1, 0.15) is 53.7 Å². The van der Waals surface area contributed by atoms with Crippen LogP contribution in [0.2, 0.25) is 0 Å². The van der Waals surface area contributed by atoms with Crippen LogP contribution >= 0.6 is 0 Å². The van der Waals surface area contributed by atoms with Crippen LogP contribution in [0.25, 0.3) is 10.9 Å². The van der Waals surface area contributed by atoms with Crippen LogP contribution in [0, 0.1) is 5.92 Å². The molecule has 4 atom stereocenters. The van der Waals surface area contributed by atoms with E-state index in [9.17, 15) is 24.0 Å². The summed E-state index contributed by atoms with van der Waals surface area (Å²) < 4.78 is 6.17. The fourth-order valence-corrected chi connectivity index (χ4v) is 6.47. The van der Waals surface area contributed by atoms with Gasteiger partial charge in [0.05, 0.1) is 18.8 Å². The molecule has 47 heavy (non-hydrogen) atoms. The number of nitrogens with one attached hydrogen (secondary N) is 3. The number of aromatic amines is 1. The van der Waals surface area contributed by atoms with E-state index in [1.54, 1.807) is 6.07 Å². The molecule has 0 bridgehead atoms. The third-order valence-corrected chi connectivity index (χ3v) is 9.02. The molecule has 6 rings (SSSR count). The third-order valence-electron chi connectivity index (χ3n) is 9.02. The number of hydrogen-bond acceptors (Lipinski definition) is 6.